The zero-order valence-corrected chi connectivity index (χ0v) is 9.81. The Morgan fingerprint density at radius 1 is 0.765 bits per heavy atom. The first-order valence-corrected chi connectivity index (χ1v) is 5.94. The summed E-state index contributed by atoms with van der Waals surface area (Å²) in [6, 6.07) is 18.7. The minimum absolute atomic E-state index is 0.923. The summed E-state index contributed by atoms with van der Waals surface area (Å²) in [6.45, 7) is 2.16. The average molecular weight is 222 g/mol. The van der Waals surface area contributed by atoms with E-state index in [0.717, 1.165) is 29.1 Å². The Bertz CT molecular complexity index is 589. The van der Waals surface area contributed by atoms with Crippen molar-refractivity contribution in [1.82, 2.24) is 0 Å². The molecule has 0 amide bonds. The van der Waals surface area contributed by atoms with Crippen molar-refractivity contribution in [1.29, 1.82) is 0 Å². The standard InChI is InChI=1S/C16H14O/c1-2-12-6-8-14(9-7-12)16-11-10-13-4-3-5-15(13)17-16/h3-11H,2H2,1H3. The Balaban J connectivity index is 2.05. The number of hydrogen-bond donors (Lipinski definition) is 0. The van der Waals surface area contributed by atoms with Crippen LogP contribution >= 0.6 is 0 Å². The zero-order valence-electron chi connectivity index (χ0n) is 9.81. The molecule has 0 bridgehead atoms. The lowest BCUT2D eigenvalue weighted by atomic mass is 10.1. The van der Waals surface area contributed by atoms with Gasteiger partial charge >= 0.3 is 0 Å². The molecule has 17 heavy (non-hydrogen) atoms. The highest BCUT2D eigenvalue weighted by molar-refractivity contribution is 5.66. The first kappa shape index (κ1) is 10.2. The summed E-state index contributed by atoms with van der Waals surface area (Å²) in [4.78, 5) is 0. The highest BCUT2D eigenvalue weighted by Crippen LogP contribution is 2.29. The van der Waals surface area contributed by atoms with Crippen LogP contribution in [0.3, 0.4) is 0 Å². The van der Waals surface area contributed by atoms with E-state index in [0.29, 0.717) is 0 Å². The van der Waals surface area contributed by atoms with Crippen LogP contribution in [0, 0.1) is 0 Å². The molecule has 0 fully saturated rings. The number of rotatable bonds is 2. The lowest BCUT2D eigenvalue weighted by molar-refractivity contribution is 0.583. The van der Waals surface area contributed by atoms with Crippen molar-refractivity contribution in [2.75, 3.05) is 0 Å². The molecule has 0 spiro atoms. The minimum atomic E-state index is 0.923. The van der Waals surface area contributed by atoms with Crippen LogP contribution in [0.1, 0.15) is 12.5 Å². The molecule has 1 aromatic rings. The molecule has 1 aliphatic heterocycles. The predicted octanol–water partition coefficient (Wildman–Crippen LogP) is 4.61. The Hall–Kier alpha value is -2.02. The molecular weight excluding hydrogens is 208 g/mol. The van der Waals surface area contributed by atoms with Gasteiger partial charge in [-0.25, -0.2) is 0 Å². The van der Waals surface area contributed by atoms with Gasteiger partial charge in [0.05, 0.1) is 0 Å². The lowest BCUT2D eigenvalue weighted by Gasteiger charge is -2.05. The Kier molecular flexibility index (Phi) is 2.45. The second-order valence-electron chi connectivity index (χ2n) is 4.20. The van der Waals surface area contributed by atoms with Crippen LogP contribution in [0.2, 0.25) is 0 Å². The van der Waals surface area contributed by atoms with Crippen molar-refractivity contribution in [2.24, 2.45) is 0 Å². The third-order valence-electron chi connectivity index (χ3n) is 3.09. The number of aryl methyl sites for hydroxylation is 1. The van der Waals surface area contributed by atoms with Crippen LogP contribution < -0.4 is 0 Å². The molecule has 0 radical (unpaired) electrons. The summed E-state index contributed by atoms with van der Waals surface area (Å²) in [5, 5.41) is 0. The average Bonchev–Trinajstić information content (AvgIpc) is 2.86. The van der Waals surface area contributed by atoms with Gasteiger partial charge in [-0.15, -0.1) is 0 Å². The summed E-state index contributed by atoms with van der Waals surface area (Å²) in [5.41, 5.74) is 3.63. The van der Waals surface area contributed by atoms with E-state index in [2.05, 4.69) is 43.3 Å². The molecule has 3 rings (SSSR count). The molecule has 1 nitrogen and oxygen atoms in total. The first-order chi connectivity index (χ1) is 8.36. The highest BCUT2D eigenvalue weighted by atomic mass is 16.3. The van der Waals surface area contributed by atoms with Crippen molar-refractivity contribution in [2.45, 2.75) is 13.3 Å². The van der Waals surface area contributed by atoms with Gasteiger partial charge in [-0.3, -0.25) is 0 Å². The van der Waals surface area contributed by atoms with E-state index in [1.54, 1.807) is 0 Å². The third kappa shape index (κ3) is 1.84. The molecule has 1 heteroatoms. The van der Waals surface area contributed by atoms with Crippen molar-refractivity contribution in [3.8, 4) is 22.6 Å². The smallest absolute Gasteiger partial charge is 0.134 e. The lowest BCUT2D eigenvalue weighted by Crippen LogP contribution is -1.82. The molecule has 2 aliphatic rings. The van der Waals surface area contributed by atoms with Crippen LogP contribution in [0.5, 0.6) is 0 Å². The molecule has 0 saturated carbocycles. The number of fused-ring (bicyclic) bond motifs is 1. The van der Waals surface area contributed by atoms with E-state index in [4.69, 9.17) is 4.42 Å². The van der Waals surface area contributed by atoms with Crippen LogP contribution in [-0.4, -0.2) is 0 Å². The van der Waals surface area contributed by atoms with Gasteiger partial charge in [-0.05, 0) is 30.2 Å². The highest BCUT2D eigenvalue weighted by Gasteiger charge is 2.06. The normalized spacial score (nSPS) is 10.9. The molecule has 1 aliphatic carbocycles. The Morgan fingerprint density at radius 3 is 2.18 bits per heavy atom. The van der Waals surface area contributed by atoms with Gasteiger partial charge in [0.2, 0.25) is 0 Å². The van der Waals surface area contributed by atoms with Crippen molar-refractivity contribution >= 4 is 0 Å². The molecule has 0 saturated heterocycles. The van der Waals surface area contributed by atoms with Crippen LogP contribution in [0.4, 0.5) is 0 Å². The molecule has 84 valence electrons. The van der Waals surface area contributed by atoms with E-state index in [1.165, 1.54) is 5.56 Å². The van der Waals surface area contributed by atoms with Crippen LogP contribution in [0.15, 0.2) is 59.0 Å². The molecule has 0 atom stereocenters. The summed E-state index contributed by atoms with van der Waals surface area (Å²) in [7, 11) is 0. The number of benzene rings is 1. The van der Waals surface area contributed by atoms with Crippen molar-refractivity contribution in [3.05, 3.63) is 60.2 Å². The maximum atomic E-state index is 5.86. The second-order valence-corrected chi connectivity index (χ2v) is 4.20. The monoisotopic (exact) mass is 222 g/mol. The van der Waals surface area contributed by atoms with Crippen LogP contribution in [-0.2, 0) is 6.42 Å². The van der Waals surface area contributed by atoms with Gasteiger partial charge in [-0.2, -0.15) is 0 Å². The van der Waals surface area contributed by atoms with E-state index < -0.39 is 0 Å². The maximum Gasteiger partial charge on any atom is 0.134 e. The van der Waals surface area contributed by atoms with Gasteiger partial charge < -0.3 is 4.42 Å². The van der Waals surface area contributed by atoms with Crippen LogP contribution in [0.25, 0.3) is 22.6 Å². The summed E-state index contributed by atoms with van der Waals surface area (Å²) < 4.78 is 5.86. The van der Waals surface area contributed by atoms with Gasteiger partial charge in [0.1, 0.15) is 11.5 Å². The molecular formula is C16H14O. The summed E-state index contributed by atoms with van der Waals surface area (Å²) in [6.07, 6.45) is 1.07. The largest absolute Gasteiger partial charge is 0.456 e. The SMILES string of the molecule is CCc1ccc(-c2ccc3cccc-3o2)cc1. The van der Waals surface area contributed by atoms with E-state index in [-0.39, 0.29) is 0 Å². The Labute approximate surface area is 101 Å². The third-order valence-corrected chi connectivity index (χ3v) is 3.09. The van der Waals surface area contributed by atoms with E-state index >= 15 is 0 Å². The van der Waals surface area contributed by atoms with Gasteiger partial charge in [0.25, 0.3) is 0 Å². The molecule has 0 unspecified atom stereocenters. The fourth-order valence-electron chi connectivity index (χ4n) is 2.03. The van der Waals surface area contributed by atoms with Crippen molar-refractivity contribution in [3.63, 3.8) is 0 Å². The van der Waals surface area contributed by atoms with E-state index in [9.17, 15) is 0 Å². The minimum Gasteiger partial charge on any atom is -0.456 e. The summed E-state index contributed by atoms with van der Waals surface area (Å²) in [5.74, 6) is 1.87. The molecule has 0 aromatic heterocycles. The Morgan fingerprint density at radius 2 is 1.41 bits per heavy atom. The molecule has 1 aromatic carbocycles. The predicted molar refractivity (Wildman–Crippen MR) is 70.1 cm³/mol. The quantitative estimate of drug-likeness (QED) is 0.617. The van der Waals surface area contributed by atoms with Gasteiger partial charge in [0.15, 0.2) is 0 Å². The van der Waals surface area contributed by atoms with Crippen molar-refractivity contribution < 1.29 is 4.42 Å². The maximum absolute atomic E-state index is 5.86. The van der Waals surface area contributed by atoms with E-state index in [1.807, 2.05) is 18.2 Å². The number of hydrogen-bond acceptors (Lipinski definition) is 1. The van der Waals surface area contributed by atoms with Gasteiger partial charge in [0, 0.05) is 11.1 Å². The zero-order chi connectivity index (χ0) is 11.7. The fraction of sp³-hybridized carbons (Fsp3) is 0.125. The molecule has 0 N–H and O–H groups in total. The fourth-order valence-corrected chi connectivity index (χ4v) is 2.03. The van der Waals surface area contributed by atoms with Gasteiger partial charge in [-0.1, -0.05) is 43.3 Å². The second kappa shape index (κ2) is 4.10. The first-order valence-electron chi connectivity index (χ1n) is 5.94. The molecule has 1 heterocycles. The summed E-state index contributed by atoms with van der Waals surface area (Å²) >= 11 is 0. The topological polar surface area (TPSA) is 13.1 Å².